The molecule has 0 aliphatic carbocycles. The van der Waals surface area contributed by atoms with Gasteiger partial charge < -0.3 is 4.74 Å². The highest BCUT2D eigenvalue weighted by molar-refractivity contribution is 5.70. The normalized spacial score (nSPS) is 10.6. The van der Waals surface area contributed by atoms with Crippen molar-refractivity contribution in [2.75, 3.05) is 6.61 Å². The molecule has 0 atom stereocenters. The lowest BCUT2D eigenvalue weighted by atomic mass is 9.95. The van der Waals surface area contributed by atoms with Gasteiger partial charge in [-0.15, -0.1) is 0 Å². The number of ether oxygens (including phenoxy) is 1. The molecule has 0 N–H and O–H groups in total. The predicted octanol–water partition coefficient (Wildman–Crippen LogP) is 5.32. The summed E-state index contributed by atoms with van der Waals surface area (Å²) in [6.45, 7) is 9.42. The average molecular weight is 268 g/mol. The fourth-order valence-electron chi connectivity index (χ4n) is 2.40. The molecule has 0 heterocycles. The lowest BCUT2D eigenvalue weighted by molar-refractivity contribution is 0.315. The Balaban J connectivity index is 2.34. The van der Waals surface area contributed by atoms with Crippen LogP contribution in [0.3, 0.4) is 0 Å². The van der Waals surface area contributed by atoms with Crippen LogP contribution >= 0.6 is 0 Å². The smallest absolute Gasteiger partial charge is 0.122 e. The third-order valence-electron chi connectivity index (χ3n) is 3.87. The van der Waals surface area contributed by atoms with Gasteiger partial charge in [0.1, 0.15) is 5.75 Å². The van der Waals surface area contributed by atoms with E-state index in [9.17, 15) is 0 Å². The van der Waals surface area contributed by atoms with E-state index in [2.05, 4.69) is 64.1 Å². The van der Waals surface area contributed by atoms with Crippen LogP contribution in [-0.4, -0.2) is 6.61 Å². The van der Waals surface area contributed by atoms with Gasteiger partial charge in [-0.05, 0) is 60.6 Å². The van der Waals surface area contributed by atoms with Crippen molar-refractivity contribution in [3.8, 4) is 16.9 Å². The maximum atomic E-state index is 5.79. The Morgan fingerprint density at radius 2 is 1.55 bits per heavy atom. The average Bonchev–Trinajstić information content (AvgIpc) is 2.49. The highest BCUT2D eigenvalue weighted by Crippen LogP contribution is 2.31. The number of benzene rings is 2. The number of aryl methyl sites for hydroxylation is 1. The van der Waals surface area contributed by atoms with Crippen molar-refractivity contribution in [3.63, 3.8) is 0 Å². The summed E-state index contributed by atoms with van der Waals surface area (Å²) in [7, 11) is 0. The third kappa shape index (κ3) is 3.04. The molecule has 0 fully saturated rings. The zero-order valence-corrected chi connectivity index (χ0v) is 13.0. The second-order valence-corrected chi connectivity index (χ2v) is 5.26. The Morgan fingerprint density at radius 1 is 0.850 bits per heavy atom. The molecule has 0 aliphatic rings. The van der Waals surface area contributed by atoms with Crippen LogP contribution in [0, 0.1) is 13.8 Å². The minimum Gasteiger partial charge on any atom is -0.493 e. The van der Waals surface area contributed by atoms with Crippen LogP contribution in [-0.2, 0) is 6.42 Å². The van der Waals surface area contributed by atoms with Gasteiger partial charge in [0.05, 0.1) is 6.61 Å². The van der Waals surface area contributed by atoms with Gasteiger partial charge in [0, 0.05) is 0 Å². The van der Waals surface area contributed by atoms with E-state index in [1.165, 1.54) is 27.8 Å². The zero-order chi connectivity index (χ0) is 14.5. The van der Waals surface area contributed by atoms with Gasteiger partial charge in [-0.25, -0.2) is 0 Å². The summed E-state index contributed by atoms with van der Waals surface area (Å²) in [4.78, 5) is 0. The molecule has 0 radical (unpaired) electrons. The first kappa shape index (κ1) is 14.6. The van der Waals surface area contributed by atoms with Gasteiger partial charge in [-0.1, -0.05) is 44.2 Å². The largest absolute Gasteiger partial charge is 0.493 e. The summed E-state index contributed by atoms with van der Waals surface area (Å²) >= 11 is 0. The van der Waals surface area contributed by atoms with Gasteiger partial charge in [0.2, 0.25) is 0 Å². The molecule has 0 bridgehead atoms. The quantitative estimate of drug-likeness (QED) is 0.713. The Kier molecular flexibility index (Phi) is 4.84. The Morgan fingerprint density at radius 3 is 2.15 bits per heavy atom. The van der Waals surface area contributed by atoms with E-state index in [1.807, 2.05) is 0 Å². The zero-order valence-electron chi connectivity index (χ0n) is 13.0. The van der Waals surface area contributed by atoms with Crippen molar-refractivity contribution in [3.05, 3.63) is 53.1 Å². The van der Waals surface area contributed by atoms with Crippen molar-refractivity contribution in [1.82, 2.24) is 0 Å². The summed E-state index contributed by atoms with van der Waals surface area (Å²) < 4.78 is 5.79. The van der Waals surface area contributed by atoms with Crippen LogP contribution in [0.4, 0.5) is 0 Å². The fourth-order valence-corrected chi connectivity index (χ4v) is 2.40. The first-order chi connectivity index (χ1) is 9.67. The molecular formula is C19H24O. The summed E-state index contributed by atoms with van der Waals surface area (Å²) in [6.07, 6.45) is 2.13. The molecular weight excluding hydrogens is 244 g/mol. The summed E-state index contributed by atoms with van der Waals surface area (Å²) in [5.74, 6) is 1.01. The second kappa shape index (κ2) is 6.60. The van der Waals surface area contributed by atoms with Gasteiger partial charge in [-0.2, -0.15) is 0 Å². The van der Waals surface area contributed by atoms with Crippen LogP contribution in [0.25, 0.3) is 11.1 Å². The van der Waals surface area contributed by atoms with E-state index in [0.717, 1.165) is 25.2 Å². The fraction of sp³-hybridized carbons (Fsp3) is 0.368. The maximum Gasteiger partial charge on any atom is 0.122 e. The molecule has 2 aromatic rings. The van der Waals surface area contributed by atoms with Gasteiger partial charge in [0.25, 0.3) is 0 Å². The van der Waals surface area contributed by atoms with Gasteiger partial charge >= 0.3 is 0 Å². The molecule has 0 unspecified atom stereocenters. The second-order valence-electron chi connectivity index (χ2n) is 5.26. The van der Waals surface area contributed by atoms with E-state index in [0.29, 0.717) is 0 Å². The molecule has 1 heteroatoms. The van der Waals surface area contributed by atoms with Crippen LogP contribution in [0.15, 0.2) is 36.4 Å². The van der Waals surface area contributed by atoms with Crippen molar-refractivity contribution >= 4 is 0 Å². The predicted molar refractivity (Wildman–Crippen MR) is 86.5 cm³/mol. The maximum absolute atomic E-state index is 5.79. The molecule has 0 aromatic heterocycles. The van der Waals surface area contributed by atoms with Crippen molar-refractivity contribution in [1.29, 1.82) is 0 Å². The molecule has 1 nitrogen and oxygen atoms in total. The molecule has 0 amide bonds. The van der Waals surface area contributed by atoms with E-state index in [1.54, 1.807) is 0 Å². The topological polar surface area (TPSA) is 9.23 Å². The number of hydrogen-bond donors (Lipinski definition) is 0. The molecule has 2 rings (SSSR count). The Hall–Kier alpha value is -1.76. The van der Waals surface area contributed by atoms with Crippen molar-refractivity contribution in [2.24, 2.45) is 0 Å². The van der Waals surface area contributed by atoms with Crippen LogP contribution in [0.5, 0.6) is 5.75 Å². The molecule has 0 saturated carbocycles. The summed E-state index contributed by atoms with van der Waals surface area (Å²) in [5, 5.41) is 0. The van der Waals surface area contributed by atoms with Gasteiger partial charge in [-0.3, -0.25) is 0 Å². The van der Waals surface area contributed by atoms with E-state index < -0.39 is 0 Å². The lowest BCUT2D eigenvalue weighted by Gasteiger charge is -2.14. The molecule has 2 aromatic carbocycles. The molecule has 20 heavy (non-hydrogen) atoms. The molecule has 0 spiro atoms. The summed E-state index contributed by atoms with van der Waals surface area (Å²) in [5.41, 5.74) is 6.52. The van der Waals surface area contributed by atoms with Crippen LogP contribution in [0.1, 0.15) is 37.0 Å². The molecule has 0 saturated heterocycles. The van der Waals surface area contributed by atoms with Crippen LogP contribution < -0.4 is 4.74 Å². The first-order valence-corrected chi connectivity index (χ1v) is 7.49. The third-order valence-corrected chi connectivity index (χ3v) is 3.87. The molecule has 0 aliphatic heterocycles. The standard InChI is InChI=1S/C19H24O/c1-5-13-20-19-12-11-18(14(3)15(19)4)17-9-7-16(6-2)8-10-17/h7-12H,5-6,13H2,1-4H3. The van der Waals surface area contributed by atoms with Crippen molar-refractivity contribution < 1.29 is 4.74 Å². The van der Waals surface area contributed by atoms with E-state index >= 15 is 0 Å². The highest BCUT2D eigenvalue weighted by Gasteiger charge is 2.08. The Bertz CT molecular complexity index is 567. The highest BCUT2D eigenvalue weighted by atomic mass is 16.5. The van der Waals surface area contributed by atoms with Crippen molar-refractivity contribution in [2.45, 2.75) is 40.5 Å². The first-order valence-electron chi connectivity index (χ1n) is 7.49. The monoisotopic (exact) mass is 268 g/mol. The van der Waals surface area contributed by atoms with Gasteiger partial charge in [0.15, 0.2) is 0 Å². The summed E-state index contributed by atoms with van der Waals surface area (Å²) in [6, 6.07) is 13.1. The number of hydrogen-bond acceptors (Lipinski definition) is 1. The lowest BCUT2D eigenvalue weighted by Crippen LogP contribution is -1.99. The SMILES string of the molecule is CCCOc1ccc(-c2ccc(CC)cc2)c(C)c1C. The minimum atomic E-state index is 0.783. The number of rotatable bonds is 5. The molecule has 106 valence electrons. The minimum absolute atomic E-state index is 0.783. The Labute approximate surface area is 122 Å². The van der Waals surface area contributed by atoms with E-state index in [4.69, 9.17) is 4.74 Å². The van der Waals surface area contributed by atoms with Crippen LogP contribution in [0.2, 0.25) is 0 Å². The van der Waals surface area contributed by atoms with E-state index in [-0.39, 0.29) is 0 Å².